The summed E-state index contributed by atoms with van der Waals surface area (Å²) in [4.78, 5) is 0.822. The van der Waals surface area contributed by atoms with Crippen molar-refractivity contribution in [1.82, 2.24) is 0 Å². The van der Waals surface area contributed by atoms with Crippen LogP contribution in [0.15, 0.2) is 41.3 Å². The third-order valence-corrected chi connectivity index (χ3v) is 5.07. The SMILES string of the molecule is Nc1ccc(CS(=O)c2ccc3c(c2)CCC3)cc1F. The molecule has 2 aromatic carbocycles. The smallest absolute Gasteiger partial charge is 0.146 e. The number of nitrogens with two attached hydrogens (primary N) is 1. The second-order valence-electron chi connectivity index (χ2n) is 5.13. The number of halogens is 1. The van der Waals surface area contributed by atoms with Gasteiger partial charge >= 0.3 is 0 Å². The summed E-state index contributed by atoms with van der Waals surface area (Å²) in [5, 5.41) is 0. The fourth-order valence-electron chi connectivity index (χ4n) is 2.58. The molecule has 0 radical (unpaired) electrons. The molecule has 104 valence electrons. The van der Waals surface area contributed by atoms with Crippen molar-refractivity contribution in [3.63, 3.8) is 0 Å². The van der Waals surface area contributed by atoms with Crippen LogP contribution in [-0.4, -0.2) is 4.21 Å². The first-order chi connectivity index (χ1) is 9.63. The molecule has 4 heteroatoms. The van der Waals surface area contributed by atoms with Gasteiger partial charge in [-0.3, -0.25) is 4.21 Å². The van der Waals surface area contributed by atoms with Gasteiger partial charge in [0.1, 0.15) is 5.82 Å². The first kappa shape index (κ1) is 13.3. The zero-order valence-electron chi connectivity index (χ0n) is 11.1. The van der Waals surface area contributed by atoms with E-state index in [0.29, 0.717) is 11.3 Å². The van der Waals surface area contributed by atoms with E-state index in [2.05, 4.69) is 6.07 Å². The first-order valence-corrected chi connectivity index (χ1v) is 7.99. The second kappa shape index (κ2) is 5.37. The molecule has 0 fully saturated rings. The van der Waals surface area contributed by atoms with E-state index in [9.17, 15) is 8.60 Å². The molecule has 0 aromatic heterocycles. The Morgan fingerprint density at radius 2 is 1.90 bits per heavy atom. The second-order valence-corrected chi connectivity index (χ2v) is 6.58. The monoisotopic (exact) mass is 289 g/mol. The molecule has 1 atom stereocenters. The highest BCUT2D eigenvalue weighted by Gasteiger charge is 2.14. The number of hydrogen-bond donors (Lipinski definition) is 1. The number of rotatable bonds is 3. The third kappa shape index (κ3) is 2.61. The van der Waals surface area contributed by atoms with Gasteiger partial charge in [0, 0.05) is 4.90 Å². The quantitative estimate of drug-likeness (QED) is 0.882. The molecule has 1 unspecified atom stereocenters. The normalized spacial score (nSPS) is 15.1. The molecule has 2 nitrogen and oxygen atoms in total. The molecule has 2 N–H and O–H groups in total. The standard InChI is InChI=1S/C16H16FNOS/c17-15-8-11(4-7-16(15)18)10-20(19)14-6-5-12-2-1-3-13(12)9-14/h4-9H,1-3,10,18H2. The molecule has 20 heavy (non-hydrogen) atoms. The fraction of sp³-hybridized carbons (Fsp3) is 0.250. The van der Waals surface area contributed by atoms with Crippen LogP contribution < -0.4 is 5.73 Å². The summed E-state index contributed by atoms with van der Waals surface area (Å²) in [5.41, 5.74) is 8.94. The van der Waals surface area contributed by atoms with E-state index in [1.165, 1.54) is 29.7 Å². The first-order valence-electron chi connectivity index (χ1n) is 6.67. The maximum absolute atomic E-state index is 13.4. The lowest BCUT2D eigenvalue weighted by Crippen LogP contribution is -1.99. The minimum Gasteiger partial charge on any atom is -0.396 e. The molecule has 2 aromatic rings. The van der Waals surface area contributed by atoms with Crippen LogP contribution in [0.5, 0.6) is 0 Å². The zero-order valence-corrected chi connectivity index (χ0v) is 11.9. The Bertz CT molecular complexity index is 684. The van der Waals surface area contributed by atoms with Gasteiger partial charge in [0.2, 0.25) is 0 Å². The molecule has 1 aliphatic carbocycles. The predicted octanol–water partition coefficient (Wildman–Crippen LogP) is 3.20. The Hall–Kier alpha value is -1.68. The summed E-state index contributed by atoms with van der Waals surface area (Å²) in [7, 11) is -1.15. The summed E-state index contributed by atoms with van der Waals surface area (Å²) in [5.74, 6) is -0.135. The van der Waals surface area contributed by atoms with Crippen LogP contribution in [0, 0.1) is 5.82 Å². The number of aryl methyl sites for hydroxylation is 2. The van der Waals surface area contributed by atoms with Gasteiger partial charge in [0.15, 0.2) is 0 Å². The minimum absolute atomic E-state index is 0.122. The van der Waals surface area contributed by atoms with E-state index >= 15 is 0 Å². The average molecular weight is 289 g/mol. The largest absolute Gasteiger partial charge is 0.396 e. The maximum atomic E-state index is 13.4. The Balaban J connectivity index is 1.80. The molecule has 0 spiro atoms. The minimum atomic E-state index is -1.15. The van der Waals surface area contributed by atoms with Crippen molar-refractivity contribution in [1.29, 1.82) is 0 Å². The van der Waals surface area contributed by atoms with Gasteiger partial charge in [-0.15, -0.1) is 0 Å². The van der Waals surface area contributed by atoms with Crippen LogP contribution >= 0.6 is 0 Å². The number of fused-ring (bicyclic) bond motifs is 1. The van der Waals surface area contributed by atoms with Gasteiger partial charge in [0.25, 0.3) is 0 Å². The summed E-state index contributed by atoms with van der Waals surface area (Å²) in [6.07, 6.45) is 3.36. The van der Waals surface area contributed by atoms with Crippen LogP contribution in [0.2, 0.25) is 0 Å². The van der Waals surface area contributed by atoms with Gasteiger partial charge in [-0.2, -0.15) is 0 Å². The zero-order chi connectivity index (χ0) is 14.1. The number of benzene rings is 2. The summed E-state index contributed by atoms with van der Waals surface area (Å²) >= 11 is 0. The molecule has 0 saturated carbocycles. The molecule has 0 heterocycles. The van der Waals surface area contributed by atoms with Crippen molar-refractivity contribution in [2.45, 2.75) is 29.9 Å². The van der Waals surface area contributed by atoms with E-state index < -0.39 is 16.6 Å². The lowest BCUT2D eigenvalue weighted by atomic mass is 10.1. The van der Waals surface area contributed by atoms with Crippen LogP contribution in [-0.2, 0) is 29.4 Å². The number of anilines is 1. The topological polar surface area (TPSA) is 43.1 Å². The van der Waals surface area contributed by atoms with Crippen molar-refractivity contribution in [2.24, 2.45) is 0 Å². The van der Waals surface area contributed by atoms with Gasteiger partial charge in [-0.1, -0.05) is 12.1 Å². The summed E-state index contributed by atoms with van der Waals surface area (Å²) in [6, 6.07) is 10.6. The van der Waals surface area contributed by atoms with Crippen LogP contribution in [0.4, 0.5) is 10.1 Å². The van der Waals surface area contributed by atoms with Crippen LogP contribution in [0.3, 0.4) is 0 Å². The van der Waals surface area contributed by atoms with Crippen molar-refractivity contribution >= 4 is 16.5 Å². The average Bonchev–Trinajstić information content (AvgIpc) is 2.90. The Kier molecular flexibility index (Phi) is 3.57. The molecular weight excluding hydrogens is 273 g/mol. The maximum Gasteiger partial charge on any atom is 0.146 e. The lowest BCUT2D eigenvalue weighted by molar-refractivity contribution is 0.631. The van der Waals surface area contributed by atoms with Gasteiger partial charge in [-0.05, 0) is 60.2 Å². The highest BCUT2D eigenvalue weighted by atomic mass is 32.2. The molecule has 0 bridgehead atoms. The summed E-state index contributed by atoms with van der Waals surface area (Å²) in [6.45, 7) is 0. The molecule has 0 saturated heterocycles. The molecule has 3 rings (SSSR count). The van der Waals surface area contributed by atoms with Crippen LogP contribution in [0.25, 0.3) is 0 Å². The van der Waals surface area contributed by atoms with Gasteiger partial charge < -0.3 is 5.73 Å². The third-order valence-electron chi connectivity index (χ3n) is 3.70. The van der Waals surface area contributed by atoms with Crippen molar-refractivity contribution in [3.8, 4) is 0 Å². The van der Waals surface area contributed by atoms with Crippen molar-refractivity contribution in [3.05, 3.63) is 58.9 Å². The fourth-order valence-corrected chi connectivity index (χ4v) is 3.73. The number of hydrogen-bond acceptors (Lipinski definition) is 2. The van der Waals surface area contributed by atoms with E-state index in [1.807, 2.05) is 12.1 Å². The Labute approximate surface area is 120 Å². The van der Waals surface area contributed by atoms with Crippen LogP contribution in [0.1, 0.15) is 23.1 Å². The van der Waals surface area contributed by atoms with E-state index in [-0.39, 0.29) is 5.69 Å². The molecule has 0 aliphatic heterocycles. The Morgan fingerprint density at radius 1 is 1.10 bits per heavy atom. The highest BCUT2D eigenvalue weighted by molar-refractivity contribution is 7.84. The summed E-state index contributed by atoms with van der Waals surface area (Å²) < 4.78 is 25.8. The molecular formula is C16H16FNOS. The van der Waals surface area contributed by atoms with E-state index in [0.717, 1.165) is 17.7 Å². The van der Waals surface area contributed by atoms with Gasteiger partial charge in [-0.25, -0.2) is 4.39 Å². The van der Waals surface area contributed by atoms with E-state index in [1.54, 1.807) is 6.07 Å². The molecule has 1 aliphatic rings. The molecule has 0 amide bonds. The Morgan fingerprint density at radius 3 is 2.70 bits per heavy atom. The number of nitrogen functional groups attached to an aromatic ring is 1. The predicted molar refractivity (Wildman–Crippen MR) is 79.4 cm³/mol. The van der Waals surface area contributed by atoms with Gasteiger partial charge in [0.05, 0.1) is 22.2 Å². The lowest BCUT2D eigenvalue weighted by Gasteiger charge is -2.06. The van der Waals surface area contributed by atoms with E-state index in [4.69, 9.17) is 5.73 Å². The highest BCUT2D eigenvalue weighted by Crippen LogP contribution is 2.25. The van der Waals surface area contributed by atoms with Crippen molar-refractivity contribution < 1.29 is 8.60 Å². The van der Waals surface area contributed by atoms with Crippen molar-refractivity contribution in [2.75, 3.05) is 5.73 Å².